The lowest BCUT2D eigenvalue weighted by Crippen LogP contribution is -2.21. The van der Waals surface area contributed by atoms with Crippen LogP contribution in [0.2, 0.25) is 5.02 Å². The van der Waals surface area contributed by atoms with Gasteiger partial charge in [0, 0.05) is 16.0 Å². The van der Waals surface area contributed by atoms with E-state index in [9.17, 15) is 14.0 Å². The summed E-state index contributed by atoms with van der Waals surface area (Å²) in [4.78, 5) is 27.8. The number of hydrogen-bond acceptors (Lipinski definition) is 5. The number of nitrogens with two attached hydrogens (primary N) is 1. The summed E-state index contributed by atoms with van der Waals surface area (Å²) in [5, 5.41) is 5.04. The predicted molar refractivity (Wildman–Crippen MR) is 102 cm³/mol. The fourth-order valence-electron chi connectivity index (χ4n) is 2.20. The molecule has 0 fully saturated rings. The number of carbonyl (C=O) groups excluding carboxylic acids is 2. The van der Waals surface area contributed by atoms with Crippen molar-refractivity contribution >= 4 is 39.9 Å². The molecule has 0 aliphatic heterocycles. The Bertz CT molecular complexity index is 992. The number of primary amides is 1. The fraction of sp³-hybridized carbons (Fsp3) is 0.0556. The first-order valence-electron chi connectivity index (χ1n) is 7.66. The van der Waals surface area contributed by atoms with Gasteiger partial charge in [-0.25, -0.2) is 9.37 Å². The molecule has 2 amide bonds. The lowest BCUT2D eigenvalue weighted by atomic mass is 10.2. The number of anilines is 1. The Labute approximate surface area is 162 Å². The van der Waals surface area contributed by atoms with Gasteiger partial charge >= 0.3 is 0 Å². The van der Waals surface area contributed by atoms with E-state index in [0.717, 1.165) is 5.56 Å². The summed E-state index contributed by atoms with van der Waals surface area (Å²) < 4.78 is 18.3. The first kappa shape index (κ1) is 18.8. The monoisotopic (exact) mass is 405 g/mol. The van der Waals surface area contributed by atoms with Crippen molar-refractivity contribution in [2.45, 2.75) is 0 Å². The zero-order valence-electron chi connectivity index (χ0n) is 13.7. The normalized spacial score (nSPS) is 10.4. The molecule has 0 saturated carbocycles. The maximum atomic E-state index is 13.0. The molecule has 0 aliphatic carbocycles. The minimum atomic E-state index is -0.711. The van der Waals surface area contributed by atoms with E-state index in [4.69, 9.17) is 22.1 Å². The Kier molecular flexibility index (Phi) is 5.68. The van der Waals surface area contributed by atoms with Crippen molar-refractivity contribution in [3.63, 3.8) is 0 Å². The van der Waals surface area contributed by atoms with Gasteiger partial charge in [0.05, 0.1) is 11.3 Å². The standard InChI is InChI=1S/C18H13ClFN3O3S/c19-11-3-6-15(13(7-11)17(21)25)26-8-16(24)23-18-22-14(9-27-18)10-1-4-12(20)5-2-10/h1-7,9H,8H2,(H2,21,25)(H,22,23,24). The van der Waals surface area contributed by atoms with E-state index in [0.29, 0.717) is 15.8 Å². The van der Waals surface area contributed by atoms with E-state index in [1.165, 1.54) is 41.7 Å². The molecule has 0 bridgehead atoms. The van der Waals surface area contributed by atoms with Crippen LogP contribution in [0.15, 0.2) is 47.8 Å². The first-order chi connectivity index (χ1) is 12.9. The Morgan fingerprint density at radius 3 is 2.67 bits per heavy atom. The molecule has 27 heavy (non-hydrogen) atoms. The van der Waals surface area contributed by atoms with Gasteiger partial charge in [0.15, 0.2) is 11.7 Å². The smallest absolute Gasteiger partial charge is 0.264 e. The molecular formula is C18H13ClFN3O3S. The second-order valence-electron chi connectivity index (χ2n) is 5.39. The highest BCUT2D eigenvalue weighted by molar-refractivity contribution is 7.14. The second kappa shape index (κ2) is 8.15. The number of rotatable bonds is 6. The third-order valence-corrected chi connectivity index (χ3v) is 4.45. The van der Waals surface area contributed by atoms with Crippen LogP contribution in [0, 0.1) is 5.82 Å². The Hall–Kier alpha value is -2.97. The molecule has 0 spiro atoms. The molecule has 0 radical (unpaired) electrons. The third-order valence-electron chi connectivity index (χ3n) is 3.46. The summed E-state index contributed by atoms with van der Waals surface area (Å²) in [5.74, 6) is -1.34. The number of aromatic nitrogens is 1. The predicted octanol–water partition coefficient (Wildman–Crippen LogP) is 3.72. The van der Waals surface area contributed by atoms with Gasteiger partial charge in [0.25, 0.3) is 11.8 Å². The molecule has 3 N–H and O–H groups in total. The zero-order valence-corrected chi connectivity index (χ0v) is 15.3. The van der Waals surface area contributed by atoms with Gasteiger partial charge in [-0.15, -0.1) is 11.3 Å². The van der Waals surface area contributed by atoms with Crippen LogP contribution in [-0.2, 0) is 4.79 Å². The Morgan fingerprint density at radius 1 is 1.22 bits per heavy atom. The molecule has 2 aromatic carbocycles. The highest BCUT2D eigenvalue weighted by Crippen LogP contribution is 2.25. The molecule has 0 saturated heterocycles. The van der Waals surface area contributed by atoms with Gasteiger partial charge in [0.2, 0.25) is 0 Å². The maximum Gasteiger partial charge on any atom is 0.264 e. The highest BCUT2D eigenvalue weighted by Gasteiger charge is 2.13. The first-order valence-corrected chi connectivity index (χ1v) is 8.91. The van der Waals surface area contributed by atoms with Crippen LogP contribution in [0.5, 0.6) is 5.75 Å². The van der Waals surface area contributed by atoms with Gasteiger partial charge in [0.1, 0.15) is 11.6 Å². The van der Waals surface area contributed by atoms with Gasteiger partial charge in [-0.1, -0.05) is 11.6 Å². The molecular weight excluding hydrogens is 393 g/mol. The lowest BCUT2D eigenvalue weighted by Gasteiger charge is -2.09. The highest BCUT2D eigenvalue weighted by atomic mass is 35.5. The van der Waals surface area contributed by atoms with E-state index >= 15 is 0 Å². The molecule has 6 nitrogen and oxygen atoms in total. The van der Waals surface area contributed by atoms with Crippen molar-refractivity contribution in [1.29, 1.82) is 0 Å². The molecule has 138 valence electrons. The zero-order chi connectivity index (χ0) is 19.4. The molecule has 3 rings (SSSR count). The SMILES string of the molecule is NC(=O)c1cc(Cl)ccc1OCC(=O)Nc1nc(-c2ccc(F)cc2)cs1. The second-order valence-corrected chi connectivity index (χ2v) is 6.68. The Balaban J connectivity index is 1.62. The minimum absolute atomic E-state index is 0.0862. The number of hydrogen-bond donors (Lipinski definition) is 2. The van der Waals surface area contributed by atoms with Gasteiger partial charge < -0.3 is 10.5 Å². The van der Waals surface area contributed by atoms with E-state index in [-0.39, 0.29) is 23.7 Å². The van der Waals surface area contributed by atoms with Crippen molar-refractivity contribution in [2.75, 3.05) is 11.9 Å². The minimum Gasteiger partial charge on any atom is -0.483 e. The van der Waals surface area contributed by atoms with Crippen molar-refractivity contribution in [1.82, 2.24) is 4.98 Å². The molecule has 3 aromatic rings. The number of carbonyl (C=O) groups is 2. The van der Waals surface area contributed by atoms with Crippen molar-refractivity contribution < 1.29 is 18.7 Å². The molecule has 9 heteroatoms. The van der Waals surface area contributed by atoms with Crippen LogP contribution in [0.1, 0.15) is 10.4 Å². The van der Waals surface area contributed by atoms with E-state index in [1.807, 2.05) is 0 Å². The number of nitrogens with one attached hydrogen (secondary N) is 1. The molecule has 1 heterocycles. The number of halogens is 2. The number of ether oxygens (including phenoxy) is 1. The molecule has 0 atom stereocenters. The fourth-order valence-corrected chi connectivity index (χ4v) is 3.11. The lowest BCUT2D eigenvalue weighted by molar-refractivity contribution is -0.118. The summed E-state index contributed by atoms with van der Waals surface area (Å²) in [6, 6.07) is 10.2. The quantitative estimate of drug-likeness (QED) is 0.653. The summed E-state index contributed by atoms with van der Waals surface area (Å²) in [5.41, 5.74) is 6.71. The average molecular weight is 406 g/mol. The summed E-state index contributed by atoms with van der Waals surface area (Å²) in [6.07, 6.45) is 0. The van der Waals surface area contributed by atoms with Crippen LogP contribution < -0.4 is 15.8 Å². The third kappa shape index (κ3) is 4.81. The van der Waals surface area contributed by atoms with Crippen molar-refractivity contribution in [3.8, 4) is 17.0 Å². The van der Waals surface area contributed by atoms with Crippen molar-refractivity contribution in [2.24, 2.45) is 5.73 Å². The Morgan fingerprint density at radius 2 is 1.96 bits per heavy atom. The van der Waals surface area contributed by atoms with Crippen LogP contribution in [0.3, 0.4) is 0 Å². The van der Waals surface area contributed by atoms with Crippen LogP contribution >= 0.6 is 22.9 Å². The molecule has 0 aliphatic rings. The topological polar surface area (TPSA) is 94.3 Å². The van der Waals surface area contributed by atoms with Crippen LogP contribution in [0.25, 0.3) is 11.3 Å². The number of amides is 2. The van der Waals surface area contributed by atoms with E-state index in [2.05, 4.69) is 10.3 Å². The largest absolute Gasteiger partial charge is 0.483 e. The summed E-state index contributed by atoms with van der Waals surface area (Å²) >= 11 is 7.05. The van der Waals surface area contributed by atoms with Crippen molar-refractivity contribution in [3.05, 3.63) is 64.2 Å². The van der Waals surface area contributed by atoms with Crippen LogP contribution in [-0.4, -0.2) is 23.4 Å². The van der Waals surface area contributed by atoms with E-state index < -0.39 is 11.8 Å². The molecule has 1 aromatic heterocycles. The molecule has 0 unspecified atom stereocenters. The van der Waals surface area contributed by atoms with E-state index in [1.54, 1.807) is 17.5 Å². The number of nitrogens with zero attached hydrogens (tertiary/aromatic N) is 1. The number of benzene rings is 2. The number of thiazole rings is 1. The maximum absolute atomic E-state index is 13.0. The average Bonchev–Trinajstić information content (AvgIpc) is 3.09. The summed E-state index contributed by atoms with van der Waals surface area (Å²) in [7, 11) is 0. The summed E-state index contributed by atoms with van der Waals surface area (Å²) in [6.45, 7) is -0.340. The van der Waals surface area contributed by atoms with Gasteiger partial charge in [-0.2, -0.15) is 0 Å². The van der Waals surface area contributed by atoms with Crippen LogP contribution in [0.4, 0.5) is 9.52 Å². The van der Waals surface area contributed by atoms with Gasteiger partial charge in [-0.05, 0) is 42.5 Å². The van der Waals surface area contributed by atoms with Gasteiger partial charge in [-0.3, -0.25) is 14.9 Å².